The fourth-order valence-corrected chi connectivity index (χ4v) is 1.50. The van der Waals surface area contributed by atoms with Crippen LogP contribution in [-0.4, -0.2) is 28.1 Å². The Hall–Kier alpha value is -2.18. The van der Waals surface area contributed by atoms with Gasteiger partial charge in [0.15, 0.2) is 11.5 Å². The lowest BCUT2D eigenvalue weighted by molar-refractivity contribution is 0.0513. The quantitative estimate of drug-likeness (QED) is 0.608. The first kappa shape index (κ1) is 13.9. The fourth-order valence-electron chi connectivity index (χ4n) is 1.50. The van der Waals surface area contributed by atoms with Crippen LogP contribution in [0, 0.1) is 0 Å². The zero-order valence-corrected chi connectivity index (χ0v) is 10.5. The molecule has 0 fully saturated rings. The van der Waals surface area contributed by atoms with Crippen LogP contribution in [0.1, 0.15) is 41.6 Å². The number of anilines is 1. The molecule has 0 amide bonds. The second-order valence-electron chi connectivity index (χ2n) is 3.53. The van der Waals surface area contributed by atoms with Gasteiger partial charge in [-0.2, -0.15) is 5.10 Å². The molecule has 1 heterocycles. The number of aryl methyl sites for hydroxylation is 1. The van der Waals surface area contributed by atoms with E-state index in [2.05, 4.69) is 5.10 Å². The van der Waals surface area contributed by atoms with Crippen LogP contribution in [0.5, 0.6) is 0 Å². The van der Waals surface area contributed by atoms with Crippen molar-refractivity contribution in [3.63, 3.8) is 0 Å². The highest BCUT2D eigenvalue weighted by Gasteiger charge is 2.24. The summed E-state index contributed by atoms with van der Waals surface area (Å²) in [5.74, 6) is -1.26. The number of carbonyl (C=O) groups excluding carboxylic acids is 2. The number of nitrogens with zero attached hydrogens (tertiary/aromatic N) is 2. The molecule has 0 radical (unpaired) electrons. The summed E-state index contributed by atoms with van der Waals surface area (Å²) >= 11 is 0. The molecule has 1 aromatic heterocycles. The van der Waals surface area contributed by atoms with Crippen LogP contribution in [-0.2, 0) is 11.3 Å². The lowest BCUT2D eigenvalue weighted by Gasteiger charge is -2.10. The predicted molar refractivity (Wildman–Crippen MR) is 64.5 cm³/mol. The summed E-state index contributed by atoms with van der Waals surface area (Å²) in [6.07, 6.45) is 0. The summed E-state index contributed by atoms with van der Waals surface area (Å²) in [7, 11) is 0. The first-order valence-electron chi connectivity index (χ1n) is 5.52. The molecule has 0 aromatic carbocycles. The highest BCUT2D eigenvalue weighted by Crippen LogP contribution is 2.13. The highest BCUT2D eigenvalue weighted by atomic mass is 16.5. The van der Waals surface area contributed by atoms with Gasteiger partial charge < -0.3 is 10.5 Å². The molecule has 0 aliphatic carbocycles. The molecule has 0 aliphatic heterocycles. The Morgan fingerprint density at radius 2 is 2.00 bits per heavy atom. The van der Waals surface area contributed by atoms with Gasteiger partial charge in [0.05, 0.1) is 12.2 Å². The molecule has 1 rings (SSSR count). The van der Waals surface area contributed by atoms with Crippen LogP contribution in [0.3, 0.4) is 0 Å². The van der Waals surface area contributed by atoms with E-state index in [-0.39, 0.29) is 30.1 Å². The number of ether oxygens (including phenoxy) is 1. The summed E-state index contributed by atoms with van der Waals surface area (Å²) in [4.78, 5) is 34.9. The van der Waals surface area contributed by atoms with Crippen LogP contribution < -0.4 is 11.3 Å². The molecule has 0 spiro atoms. The molecule has 2 N–H and O–H groups in total. The van der Waals surface area contributed by atoms with Crippen LogP contribution in [0.25, 0.3) is 0 Å². The first-order valence-corrected chi connectivity index (χ1v) is 5.52. The second kappa shape index (κ2) is 5.44. The van der Waals surface area contributed by atoms with Crippen molar-refractivity contribution in [2.75, 3.05) is 12.3 Å². The van der Waals surface area contributed by atoms with Crippen molar-refractivity contribution in [2.24, 2.45) is 0 Å². The van der Waals surface area contributed by atoms with Crippen LogP contribution in [0.4, 0.5) is 5.69 Å². The number of nitrogen functional groups attached to an aromatic ring is 1. The van der Waals surface area contributed by atoms with Gasteiger partial charge in [-0.25, -0.2) is 9.48 Å². The molecule has 0 unspecified atom stereocenters. The maximum Gasteiger partial charge on any atom is 0.359 e. The number of ketones is 1. The Bertz CT molecular complexity index is 548. The van der Waals surface area contributed by atoms with Crippen molar-refractivity contribution >= 4 is 17.4 Å². The number of carbonyl (C=O) groups is 2. The number of esters is 1. The third kappa shape index (κ3) is 2.39. The van der Waals surface area contributed by atoms with Crippen LogP contribution in [0.15, 0.2) is 4.79 Å². The molecule has 7 nitrogen and oxygen atoms in total. The Morgan fingerprint density at radius 3 is 2.44 bits per heavy atom. The summed E-state index contributed by atoms with van der Waals surface area (Å²) in [5, 5.41) is 3.82. The standard InChI is InChI=1S/C11H15N3O4/c1-4-14-10(16)8(12)7(6(3)15)9(13-14)11(17)18-5-2/h4-5,12H2,1-3H3. The first-order chi connectivity index (χ1) is 8.43. The van der Waals surface area contributed by atoms with Gasteiger partial charge in [-0.1, -0.05) is 0 Å². The monoisotopic (exact) mass is 253 g/mol. The van der Waals surface area contributed by atoms with E-state index < -0.39 is 17.3 Å². The molecule has 7 heteroatoms. The minimum absolute atomic E-state index is 0.142. The number of Topliss-reactive ketones (excluding diaryl/α,β-unsaturated/α-hetero) is 1. The molecule has 0 bridgehead atoms. The van der Waals surface area contributed by atoms with Gasteiger partial charge in [-0.3, -0.25) is 9.59 Å². The van der Waals surface area contributed by atoms with E-state index in [1.165, 1.54) is 6.92 Å². The molecular weight excluding hydrogens is 238 g/mol. The Kier molecular flexibility index (Phi) is 4.19. The largest absolute Gasteiger partial charge is 0.461 e. The highest BCUT2D eigenvalue weighted by molar-refractivity contribution is 6.07. The molecule has 18 heavy (non-hydrogen) atoms. The average molecular weight is 253 g/mol. The lowest BCUT2D eigenvalue weighted by atomic mass is 10.1. The van der Waals surface area contributed by atoms with Gasteiger partial charge in [0.25, 0.3) is 5.56 Å². The molecule has 0 saturated heterocycles. The average Bonchev–Trinajstić information content (AvgIpc) is 2.31. The van der Waals surface area contributed by atoms with E-state index in [1.807, 2.05) is 0 Å². The summed E-state index contributed by atoms with van der Waals surface area (Å²) in [6.45, 7) is 4.91. The van der Waals surface area contributed by atoms with Crippen molar-refractivity contribution < 1.29 is 14.3 Å². The number of aromatic nitrogens is 2. The van der Waals surface area contributed by atoms with Gasteiger partial charge >= 0.3 is 5.97 Å². The van der Waals surface area contributed by atoms with Crippen molar-refractivity contribution in [3.05, 3.63) is 21.6 Å². The Labute approximate surface area is 104 Å². The minimum atomic E-state index is -0.767. The van der Waals surface area contributed by atoms with E-state index in [0.29, 0.717) is 0 Å². The predicted octanol–water partition coefficient (Wildman–Crippen LogP) is 0.225. The normalized spacial score (nSPS) is 10.2. The molecule has 0 saturated carbocycles. The zero-order chi connectivity index (χ0) is 13.9. The van der Waals surface area contributed by atoms with E-state index in [1.54, 1.807) is 13.8 Å². The number of hydrogen-bond acceptors (Lipinski definition) is 6. The van der Waals surface area contributed by atoms with Crippen molar-refractivity contribution in [1.29, 1.82) is 0 Å². The van der Waals surface area contributed by atoms with Gasteiger partial charge in [-0.15, -0.1) is 0 Å². The number of rotatable bonds is 4. The molecule has 0 atom stereocenters. The third-order valence-electron chi connectivity index (χ3n) is 2.31. The molecular formula is C11H15N3O4. The minimum Gasteiger partial charge on any atom is -0.461 e. The summed E-state index contributed by atoms with van der Waals surface area (Å²) < 4.78 is 5.81. The number of nitrogens with two attached hydrogens (primary N) is 1. The molecule has 0 aliphatic rings. The fraction of sp³-hybridized carbons (Fsp3) is 0.455. The topological polar surface area (TPSA) is 104 Å². The molecule has 1 aromatic rings. The Balaban J connectivity index is 3.57. The second-order valence-corrected chi connectivity index (χ2v) is 3.53. The maximum absolute atomic E-state index is 11.7. The van der Waals surface area contributed by atoms with Crippen LogP contribution in [0.2, 0.25) is 0 Å². The SMILES string of the molecule is CCOC(=O)c1nn(CC)c(=O)c(N)c1C(C)=O. The maximum atomic E-state index is 11.7. The van der Waals surface area contributed by atoms with Gasteiger partial charge in [0.2, 0.25) is 0 Å². The van der Waals surface area contributed by atoms with Gasteiger partial charge in [0.1, 0.15) is 5.69 Å². The van der Waals surface area contributed by atoms with Crippen molar-refractivity contribution in [2.45, 2.75) is 27.3 Å². The van der Waals surface area contributed by atoms with Crippen molar-refractivity contribution in [3.8, 4) is 0 Å². The van der Waals surface area contributed by atoms with Gasteiger partial charge in [-0.05, 0) is 20.8 Å². The summed E-state index contributed by atoms with van der Waals surface area (Å²) in [5.41, 5.74) is 4.33. The van der Waals surface area contributed by atoms with Crippen molar-refractivity contribution in [1.82, 2.24) is 9.78 Å². The third-order valence-corrected chi connectivity index (χ3v) is 2.31. The zero-order valence-electron chi connectivity index (χ0n) is 10.5. The number of hydrogen-bond donors (Lipinski definition) is 1. The van der Waals surface area contributed by atoms with E-state index >= 15 is 0 Å². The molecule has 98 valence electrons. The lowest BCUT2D eigenvalue weighted by Crippen LogP contribution is -2.31. The Morgan fingerprint density at radius 1 is 1.39 bits per heavy atom. The summed E-state index contributed by atoms with van der Waals surface area (Å²) in [6, 6.07) is 0. The smallest absolute Gasteiger partial charge is 0.359 e. The van der Waals surface area contributed by atoms with E-state index in [0.717, 1.165) is 4.68 Å². The van der Waals surface area contributed by atoms with Gasteiger partial charge in [0, 0.05) is 6.54 Å². The van der Waals surface area contributed by atoms with Crippen LogP contribution >= 0.6 is 0 Å². The van der Waals surface area contributed by atoms with E-state index in [4.69, 9.17) is 10.5 Å². The van der Waals surface area contributed by atoms with E-state index in [9.17, 15) is 14.4 Å².